The zero-order chi connectivity index (χ0) is 27.8. The molecule has 4 heterocycles. The highest BCUT2D eigenvalue weighted by atomic mass is 16.5. The number of nitrogens with zero attached hydrogens (tertiary/aromatic N) is 5. The second-order valence-electron chi connectivity index (χ2n) is 9.83. The first-order valence-electron chi connectivity index (χ1n) is 13.2. The van der Waals surface area contributed by atoms with Gasteiger partial charge in [0.2, 0.25) is 5.91 Å². The first-order chi connectivity index (χ1) is 18.9. The van der Waals surface area contributed by atoms with E-state index in [4.69, 9.17) is 9.47 Å². The smallest absolute Gasteiger partial charge is 0.328 e. The second-order valence-corrected chi connectivity index (χ2v) is 9.83. The minimum absolute atomic E-state index is 0.0328. The van der Waals surface area contributed by atoms with Crippen molar-refractivity contribution in [1.82, 2.24) is 14.9 Å². The molecular formula is C28H34N6O5. The Hall–Kier alpha value is -3.88. The summed E-state index contributed by atoms with van der Waals surface area (Å²) in [6.45, 7) is 2.41. The fraction of sp³-hybridized carbons (Fsp3) is 0.500. The minimum atomic E-state index is -0.417. The number of carbonyl (C=O) groups excluding carboxylic acids is 3. The molecule has 0 aliphatic carbocycles. The third kappa shape index (κ3) is 6.77. The summed E-state index contributed by atoms with van der Waals surface area (Å²) in [5.41, 5.74) is 2.94. The van der Waals surface area contributed by atoms with Gasteiger partial charge in [-0.05, 0) is 61.8 Å². The van der Waals surface area contributed by atoms with Crippen molar-refractivity contribution >= 4 is 29.9 Å². The van der Waals surface area contributed by atoms with Crippen LogP contribution in [0.15, 0.2) is 18.3 Å². The van der Waals surface area contributed by atoms with Crippen LogP contribution in [0.3, 0.4) is 0 Å². The first kappa shape index (κ1) is 28.1. The number of fused-ring (bicyclic) bond motifs is 1. The fourth-order valence-corrected chi connectivity index (χ4v) is 5.03. The summed E-state index contributed by atoms with van der Waals surface area (Å²) in [6.07, 6.45) is 6.29. The SMILES string of the molecule is COCCCc1cc(NC(=O)N2CCCc3cc(CN(C)C(=O)C4CCOCC4)c(C=O)nc32)ncc1C#N. The molecule has 0 saturated carbocycles. The van der Waals surface area contributed by atoms with Crippen LogP contribution >= 0.6 is 0 Å². The van der Waals surface area contributed by atoms with E-state index in [2.05, 4.69) is 21.4 Å². The average molecular weight is 535 g/mol. The largest absolute Gasteiger partial charge is 0.385 e. The number of aromatic nitrogens is 2. The van der Waals surface area contributed by atoms with Crippen LogP contribution in [0.2, 0.25) is 0 Å². The van der Waals surface area contributed by atoms with Crippen molar-refractivity contribution in [2.75, 3.05) is 50.7 Å². The number of nitriles is 1. The van der Waals surface area contributed by atoms with Crippen LogP contribution in [0.25, 0.3) is 0 Å². The van der Waals surface area contributed by atoms with Crippen molar-refractivity contribution in [3.63, 3.8) is 0 Å². The molecule has 11 nitrogen and oxygen atoms in total. The Balaban J connectivity index is 1.51. The highest BCUT2D eigenvalue weighted by Crippen LogP contribution is 2.29. The summed E-state index contributed by atoms with van der Waals surface area (Å²) in [6, 6.07) is 5.31. The van der Waals surface area contributed by atoms with E-state index in [-0.39, 0.29) is 24.1 Å². The Morgan fingerprint density at radius 1 is 1.31 bits per heavy atom. The third-order valence-electron chi connectivity index (χ3n) is 7.13. The average Bonchev–Trinajstić information content (AvgIpc) is 2.96. The molecule has 4 rings (SSSR count). The molecule has 2 aliphatic heterocycles. The lowest BCUT2D eigenvalue weighted by molar-refractivity contribution is -0.137. The van der Waals surface area contributed by atoms with Gasteiger partial charge in [0.1, 0.15) is 23.4 Å². The number of hydrogen-bond donors (Lipinski definition) is 1. The van der Waals surface area contributed by atoms with Crippen LogP contribution in [0.4, 0.5) is 16.4 Å². The number of rotatable bonds is 9. The van der Waals surface area contributed by atoms with Gasteiger partial charge in [0.25, 0.3) is 0 Å². The highest BCUT2D eigenvalue weighted by Gasteiger charge is 2.28. The Labute approximate surface area is 228 Å². The zero-order valence-corrected chi connectivity index (χ0v) is 22.4. The van der Waals surface area contributed by atoms with Gasteiger partial charge in [-0.3, -0.25) is 19.8 Å². The summed E-state index contributed by atoms with van der Waals surface area (Å²) >= 11 is 0. The molecule has 0 atom stereocenters. The van der Waals surface area contributed by atoms with E-state index in [1.165, 1.54) is 11.1 Å². The maximum Gasteiger partial charge on any atom is 0.328 e. The van der Waals surface area contributed by atoms with Gasteiger partial charge in [-0.1, -0.05) is 0 Å². The lowest BCUT2D eigenvalue weighted by atomic mass is 9.98. The van der Waals surface area contributed by atoms with E-state index in [1.54, 1.807) is 25.1 Å². The summed E-state index contributed by atoms with van der Waals surface area (Å²) in [7, 11) is 3.36. The van der Waals surface area contributed by atoms with Crippen molar-refractivity contribution in [1.29, 1.82) is 5.26 Å². The van der Waals surface area contributed by atoms with E-state index >= 15 is 0 Å². The van der Waals surface area contributed by atoms with Gasteiger partial charge < -0.3 is 14.4 Å². The van der Waals surface area contributed by atoms with Crippen LogP contribution < -0.4 is 10.2 Å². The van der Waals surface area contributed by atoms with Gasteiger partial charge in [-0.2, -0.15) is 5.26 Å². The van der Waals surface area contributed by atoms with Crippen LogP contribution in [0.5, 0.6) is 0 Å². The molecule has 39 heavy (non-hydrogen) atoms. The normalized spacial score (nSPS) is 15.3. The summed E-state index contributed by atoms with van der Waals surface area (Å²) < 4.78 is 10.5. The molecule has 1 fully saturated rings. The van der Waals surface area contributed by atoms with Crippen molar-refractivity contribution in [3.05, 3.63) is 46.3 Å². The number of ether oxygens (including phenoxy) is 2. The third-order valence-corrected chi connectivity index (χ3v) is 7.13. The van der Waals surface area contributed by atoms with Crippen LogP contribution in [0.1, 0.15) is 58.4 Å². The number of nitrogens with one attached hydrogen (secondary N) is 1. The lowest BCUT2D eigenvalue weighted by Gasteiger charge is -2.30. The molecule has 11 heteroatoms. The Kier molecular flexibility index (Phi) is 9.57. The van der Waals surface area contributed by atoms with Crippen molar-refractivity contribution < 1.29 is 23.9 Å². The lowest BCUT2D eigenvalue weighted by Crippen LogP contribution is -2.40. The molecule has 0 spiro atoms. The van der Waals surface area contributed by atoms with Crippen LogP contribution in [0, 0.1) is 17.2 Å². The molecule has 0 unspecified atom stereocenters. The molecule has 0 bridgehead atoms. The van der Waals surface area contributed by atoms with Crippen molar-refractivity contribution in [2.24, 2.45) is 5.92 Å². The maximum atomic E-state index is 13.3. The number of aldehydes is 1. The predicted octanol–water partition coefficient (Wildman–Crippen LogP) is 3.11. The summed E-state index contributed by atoms with van der Waals surface area (Å²) in [4.78, 5) is 50.1. The van der Waals surface area contributed by atoms with Crippen LogP contribution in [-0.4, -0.2) is 73.6 Å². The monoisotopic (exact) mass is 534 g/mol. The van der Waals surface area contributed by atoms with E-state index in [9.17, 15) is 19.6 Å². The maximum absolute atomic E-state index is 13.3. The molecule has 1 saturated heterocycles. The molecule has 0 radical (unpaired) electrons. The zero-order valence-electron chi connectivity index (χ0n) is 22.4. The molecule has 206 valence electrons. The van der Waals surface area contributed by atoms with Gasteiger partial charge in [-0.25, -0.2) is 14.8 Å². The predicted molar refractivity (Wildman–Crippen MR) is 143 cm³/mol. The highest BCUT2D eigenvalue weighted by molar-refractivity contribution is 6.01. The van der Waals surface area contributed by atoms with Gasteiger partial charge in [-0.15, -0.1) is 0 Å². The summed E-state index contributed by atoms with van der Waals surface area (Å²) in [5.74, 6) is 0.714. The number of hydrogen-bond acceptors (Lipinski definition) is 8. The fourth-order valence-electron chi connectivity index (χ4n) is 5.03. The molecule has 0 aromatic carbocycles. The molecule has 2 aromatic rings. The topological polar surface area (TPSA) is 138 Å². The Morgan fingerprint density at radius 2 is 2.10 bits per heavy atom. The quantitative estimate of drug-likeness (QED) is 0.383. The summed E-state index contributed by atoms with van der Waals surface area (Å²) in [5, 5.41) is 12.2. The van der Waals surface area contributed by atoms with E-state index < -0.39 is 6.03 Å². The van der Waals surface area contributed by atoms with Crippen molar-refractivity contribution in [3.8, 4) is 6.07 Å². The number of aryl methyl sites for hydroxylation is 2. The van der Waals surface area contributed by atoms with Gasteiger partial charge in [0, 0.05) is 64.7 Å². The number of urea groups is 1. The molecule has 3 amide bonds. The Bertz CT molecular complexity index is 1250. The number of methoxy groups -OCH3 is 1. The standard InChI is InChI=1S/C28H34N6O5/c1-33(27(36)19-7-11-39-12-8-19)17-22-13-21-5-3-9-34(26(21)31-24(22)18-35)28(37)32-25-14-20(6-4-10-38-2)23(15-29)16-30-25/h13-14,16,18-19H,3-12,17H2,1-2H3,(H,30,32,37). The molecule has 1 N–H and O–H groups in total. The van der Waals surface area contributed by atoms with Crippen LogP contribution in [-0.2, 0) is 33.7 Å². The van der Waals surface area contributed by atoms with Crippen molar-refractivity contribution in [2.45, 2.75) is 45.1 Å². The molecular weight excluding hydrogens is 500 g/mol. The van der Waals surface area contributed by atoms with E-state index in [0.29, 0.717) is 81.1 Å². The van der Waals surface area contributed by atoms with E-state index in [1.807, 2.05) is 6.07 Å². The Morgan fingerprint density at radius 3 is 2.82 bits per heavy atom. The van der Waals surface area contributed by atoms with Gasteiger partial charge >= 0.3 is 6.03 Å². The molecule has 2 aliphatic rings. The van der Waals surface area contributed by atoms with Gasteiger partial charge in [0.05, 0.1) is 5.56 Å². The minimum Gasteiger partial charge on any atom is -0.385 e. The number of amides is 3. The first-order valence-corrected chi connectivity index (χ1v) is 13.2. The number of carbonyl (C=O) groups is 3. The van der Waals surface area contributed by atoms with E-state index in [0.717, 1.165) is 24.0 Å². The molecule has 2 aromatic heterocycles. The number of anilines is 2. The number of pyridine rings is 2. The van der Waals surface area contributed by atoms with Gasteiger partial charge in [0.15, 0.2) is 6.29 Å². The second kappa shape index (κ2) is 13.3.